The number of aromatic nitrogens is 1. The van der Waals surface area contributed by atoms with Gasteiger partial charge in [-0.3, -0.25) is 10.2 Å². The number of carbonyl (C=O) groups excluding carboxylic acids is 1. The third kappa shape index (κ3) is 4.88. The highest BCUT2D eigenvalue weighted by molar-refractivity contribution is 8.26. The minimum atomic E-state index is -0.376. The number of rotatable bonds is 8. The number of nitrogens with one attached hydrogen (secondary N) is 1. The zero-order valence-corrected chi connectivity index (χ0v) is 20.6. The number of thioether (sulfide) groups is 1. The molecule has 6 nitrogen and oxygen atoms in total. The summed E-state index contributed by atoms with van der Waals surface area (Å²) < 4.78 is 2.17. The number of aliphatic imine (C=N–C) groups is 1. The molecular weight excluding hydrogens is 430 g/mol. The maximum atomic E-state index is 12.8. The third-order valence-corrected chi connectivity index (χ3v) is 6.99. The van der Waals surface area contributed by atoms with Crippen molar-refractivity contribution in [2.24, 2.45) is 10.1 Å². The Bertz CT molecular complexity index is 1190. The van der Waals surface area contributed by atoms with Crippen LogP contribution in [-0.4, -0.2) is 31.5 Å². The van der Waals surface area contributed by atoms with E-state index in [-0.39, 0.29) is 17.3 Å². The van der Waals surface area contributed by atoms with Gasteiger partial charge in [-0.2, -0.15) is 15.1 Å². The van der Waals surface area contributed by atoms with Crippen molar-refractivity contribution in [3.8, 4) is 5.69 Å². The number of hydrazone groups is 1. The highest BCUT2D eigenvalue weighted by Gasteiger charge is 2.35. The van der Waals surface area contributed by atoms with Gasteiger partial charge in [0.25, 0.3) is 5.91 Å². The quantitative estimate of drug-likeness (QED) is 0.366. The Hall–Kier alpha value is -2.93. The Labute approximate surface area is 200 Å². The van der Waals surface area contributed by atoms with Crippen LogP contribution in [0.4, 0.5) is 0 Å². The molecular formula is C26H31N5OS. The molecule has 0 spiro atoms. The number of unbranched alkanes of at least 4 members (excludes halogenated alkanes) is 4. The van der Waals surface area contributed by atoms with Gasteiger partial charge in [0.15, 0.2) is 5.84 Å². The lowest BCUT2D eigenvalue weighted by Gasteiger charge is -2.20. The van der Waals surface area contributed by atoms with Gasteiger partial charge in [0.1, 0.15) is 5.04 Å². The van der Waals surface area contributed by atoms with Crippen LogP contribution >= 0.6 is 11.8 Å². The average molecular weight is 462 g/mol. The van der Waals surface area contributed by atoms with Crippen LogP contribution in [-0.2, 0) is 4.79 Å². The van der Waals surface area contributed by atoms with Gasteiger partial charge >= 0.3 is 0 Å². The maximum absolute atomic E-state index is 12.8. The van der Waals surface area contributed by atoms with Gasteiger partial charge < -0.3 is 4.57 Å². The van der Waals surface area contributed by atoms with Crippen LogP contribution in [0.15, 0.2) is 46.0 Å². The van der Waals surface area contributed by atoms with Crippen LogP contribution in [0, 0.1) is 26.2 Å². The van der Waals surface area contributed by atoms with Crippen molar-refractivity contribution < 1.29 is 4.79 Å². The van der Waals surface area contributed by atoms with E-state index in [1.54, 1.807) is 6.08 Å². The molecule has 1 amide bonds. The highest BCUT2D eigenvalue weighted by atomic mass is 32.2. The fraction of sp³-hybridized carbons (Fsp3) is 0.385. The summed E-state index contributed by atoms with van der Waals surface area (Å²) >= 11 is 1.42. The number of amidine groups is 2. The Morgan fingerprint density at radius 1 is 1.09 bits per heavy atom. The first kappa shape index (κ1) is 23.2. The molecule has 172 valence electrons. The summed E-state index contributed by atoms with van der Waals surface area (Å²) in [6.45, 7) is 8.37. The van der Waals surface area contributed by atoms with Gasteiger partial charge in [-0.1, -0.05) is 44.7 Å². The standard InChI is InChI=1S/C26H31N5OS/c1-5-6-7-8-9-13-23-29-31-24(27)22(25(32)28-26(31)33-23)16-20-15-18(3)30(19(20)4)21-12-10-11-17(2)14-21/h10-12,14-16,27H,5-9,13H2,1-4H3. The van der Waals surface area contributed by atoms with E-state index in [1.807, 2.05) is 19.1 Å². The number of aryl methyl sites for hydroxylation is 2. The number of amides is 1. The van der Waals surface area contributed by atoms with E-state index in [1.165, 1.54) is 48.0 Å². The first-order valence-electron chi connectivity index (χ1n) is 11.6. The fourth-order valence-electron chi connectivity index (χ4n) is 4.27. The monoisotopic (exact) mass is 461 g/mol. The number of benzene rings is 1. The molecule has 0 atom stereocenters. The molecule has 0 aliphatic carbocycles. The third-order valence-electron chi connectivity index (χ3n) is 6.02. The molecule has 7 heteroatoms. The predicted molar refractivity (Wildman–Crippen MR) is 138 cm³/mol. The van der Waals surface area contributed by atoms with Gasteiger partial charge in [0.05, 0.1) is 5.57 Å². The molecule has 0 fully saturated rings. The van der Waals surface area contributed by atoms with E-state index < -0.39 is 0 Å². The Morgan fingerprint density at radius 3 is 2.64 bits per heavy atom. The zero-order valence-electron chi connectivity index (χ0n) is 19.8. The van der Waals surface area contributed by atoms with Crippen LogP contribution < -0.4 is 0 Å². The zero-order chi connectivity index (χ0) is 23.5. The molecule has 0 saturated carbocycles. The summed E-state index contributed by atoms with van der Waals surface area (Å²) in [6.07, 6.45) is 8.62. The summed E-state index contributed by atoms with van der Waals surface area (Å²) in [6, 6.07) is 10.4. The molecule has 3 heterocycles. The second-order valence-electron chi connectivity index (χ2n) is 8.68. The molecule has 1 aromatic heterocycles. The van der Waals surface area contributed by atoms with E-state index in [0.29, 0.717) is 5.17 Å². The number of hydrogen-bond acceptors (Lipinski definition) is 4. The Morgan fingerprint density at radius 2 is 1.88 bits per heavy atom. The first-order chi connectivity index (χ1) is 15.9. The van der Waals surface area contributed by atoms with Crippen molar-refractivity contribution in [2.75, 3.05) is 0 Å². The second kappa shape index (κ2) is 9.91. The lowest BCUT2D eigenvalue weighted by molar-refractivity contribution is -0.114. The van der Waals surface area contributed by atoms with Gasteiger partial charge in [-0.25, -0.2) is 0 Å². The average Bonchev–Trinajstić information content (AvgIpc) is 3.30. The van der Waals surface area contributed by atoms with E-state index in [0.717, 1.165) is 40.5 Å². The van der Waals surface area contributed by atoms with Crippen LogP contribution in [0.25, 0.3) is 11.8 Å². The number of carbonyl (C=O) groups is 1. The smallest absolute Gasteiger partial charge is 0.283 e. The predicted octanol–water partition coefficient (Wildman–Crippen LogP) is 6.38. The summed E-state index contributed by atoms with van der Waals surface area (Å²) in [7, 11) is 0. The van der Waals surface area contributed by atoms with E-state index in [4.69, 9.17) is 5.41 Å². The summed E-state index contributed by atoms with van der Waals surface area (Å²) in [5.41, 5.74) is 5.56. The lowest BCUT2D eigenvalue weighted by Crippen LogP contribution is -2.35. The molecule has 2 aliphatic rings. The minimum Gasteiger partial charge on any atom is -0.318 e. The number of nitrogens with zero attached hydrogens (tertiary/aromatic N) is 4. The highest BCUT2D eigenvalue weighted by Crippen LogP contribution is 2.31. The van der Waals surface area contributed by atoms with E-state index in [2.05, 4.69) is 53.6 Å². The Balaban J connectivity index is 1.56. The fourth-order valence-corrected chi connectivity index (χ4v) is 5.19. The largest absolute Gasteiger partial charge is 0.318 e. The topological polar surface area (TPSA) is 73.8 Å². The van der Waals surface area contributed by atoms with E-state index >= 15 is 0 Å². The Kier molecular flexibility index (Phi) is 6.98. The van der Waals surface area contributed by atoms with Crippen molar-refractivity contribution in [2.45, 2.75) is 66.2 Å². The van der Waals surface area contributed by atoms with Gasteiger partial charge in [-0.05, 0) is 80.8 Å². The SMILES string of the molecule is CCCCCCCC1=NN2C(=N)C(=Cc3cc(C)n(-c4cccc(C)c4)c3C)C(=O)N=C2S1. The normalized spacial score (nSPS) is 17.0. The van der Waals surface area contributed by atoms with Crippen molar-refractivity contribution in [3.63, 3.8) is 0 Å². The molecule has 0 saturated heterocycles. The van der Waals surface area contributed by atoms with Crippen LogP contribution in [0.1, 0.15) is 68.0 Å². The van der Waals surface area contributed by atoms with Crippen molar-refractivity contribution >= 4 is 39.8 Å². The first-order valence-corrected chi connectivity index (χ1v) is 12.5. The molecule has 0 radical (unpaired) electrons. The molecule has 1 aromatic carbocycles. The van der Waals surface area contributed by atoms with Gasteiger partial charge in [0, 0.05) is 17.1 Å². The molecule has 2 aliphatic heterocycles. The molecule has 33 heavy (non-hydrogen) atoms. The van der Waals surface area contributed by atoms with Crippen molar-refractivity contribution in [3.05, 3.63) is 58.4 Å². The van der Waals surface area contributed by atoms with Crippen molar-refractivity contribution in [1.29, 1.82) is 5.41 Å². The number of hydrogen-bond donors (Lipinski definition) is 1. The van der Waals surface area contributed by atoms with Crippen LogP contribution in [0.2, 0.25) is 0 Å². The van der Waals surface area contributed by atoms with Crippen LogP contribution in [0.3, 0.4) is 0 Å². The maximum Gasteiger partial charge on any atom is 0.283 e. The minimum absolute atomic E-state index is 0.0961. The molecule has 0 bridgehead atoms. The van der Waals surface area contributed by atoms with Gasteiger partial charge in [-0.15, -0.1) is 0 Å². The summed E-state index contributed by atoms with van der Waals surface area (Å²) in [4.78, 5) is 17.1. The summed E-state index contributed by atoms with van der Waals surface area (Å²) in [5.74, 6) is -0.280. The molecule has 2 aromatic rings. The number of fused-ring (bicyclic) bond motifs is 1. The van der Waals surface area contributed by atoms with Gasteiger partial charge in [0.2, 0.25) is 5.17 Å². The molecule has 0 unspecified atom stereocenters. The molecule has 1 N–H and O–H groups in total. The van der Waals surface area contributed by atoms with Crippen molar-refractivity contribution in [1.82, 2.24) is 9.58 Å². The van der Waals surface area contributed by atoms with E-state index in [9.17, 15) is 4.79 Å². The summed E-state index contributed by atoms with van der Waals surface area (Å²) in [5, 5.41) is 16.2. The van der Waals surface area contributed by atoms with Crippen LogP contribution in [0.5, 0.6) is 0 Å². The lowest BCUT2D eigenvalue weighted by atomic mass is 10.1. The molecule has 4 rings (SSSR count). The second-order valence-corrected chi connectivity index (χ2v) is 9.72.